The van der Waals surface area contributed by atoms with Crippen LogP contribution in [0.4, 0.5) is 26.4 Å². The van der Waals surface area contributed by atoms with Crippen molar-refractivity contribution in [3.8, 4) is 22.8 Å². The largest absolute Gasteiger partial charge is 0.457 e. The van der Waals surface area contributed by atoms with E-state index in [1.54, 1.807) is 41.5 Å². The quantitative estimate of drug-likeness (QED) is 0.323. The van der Waals surface area contributed by atoms with Crippen LogP contribution in [0.1, 0.15) is 26.6 Å². The average molecular weight is 546 g/mol. The molecular formula is C28H32FN9O2. The molecule has 4 aromatic rings. The molecule has 0 radical (unpaired) electrons. The number of amides is 2. The summed E-state index contributed by atoms with van der Waals surface area (Å²) in [5.41, 5.74) is 1.72. The maximum atomic E-state index is 15.0. The van der Waals surface area contributed by atoms with Crippen LogP contribution in [0.25, 0.3) is 11.3 Å². The van der Waals surface area contributed by atoms with Gasteiger partial charge in [0.1, 0.15) is 28.8 Å². The third kappa shape index (κ3) is 6.34. The van der Waals surface area contributed by atoms with Crippen LogP contribution in [-0.4, -0.2) is 56.9 Å². The average Bonchev–Trinajstić information content (AvgIpc) is 3.37. The Labute approximate surface area is 231 Å². The van der Waals surface area contributed by atoms with Gasteiger partial charge in [0.15, 0.2) is 5.82 Å². The van der Waals surface area contributed by atoms with E-state index in [9.17, 15) is 9.18 Å². The number of anilines is 3. The van der Waals surface area contributed by atoms with Gasteiger partial charge in [0.2, 0.25) is 0 Å². The molecular weight excluding hydrogens is 513 g/mol. The first-order valence-electron chi connectivity index (χ1n) is 13.0. The Balaban J connectivity index is 1.28. The van der Waals surface area contributed by atoms with E-state index in [4.69, 9.17) is 9.72 Å². The predicted molar refractivity (Wildman–Crippen MR) is 151 cm³/mol. The molecule has 12 heteroatoms. The van der Waals surface area contributed by atoms with Gasteiger partial charge in [0.25, 0.3) is 0 Å². The van der Waals surface area contributed by atoms with Gasteiger partial charge in [-0.3, -0.25) is 9.67 Å². The zero-order chi connectivity index (χ0) is 28.3. The molecule has 11 nitrogen and oxygen atoms in total. The Bertz CT molecular complexity index is 1510. The predicted octanol–water partition coefficient (Wildman–Crippen LogP) is 4.55. The number of nitrogens with zero attached hydrogens (tertiary/aromatic N) is 6. The van der Waals surface area contributed by atoms with Crippen LogP contribution in [0.5, 0.6) is 11.5 Å². The number of benzene rings is 1. The number of piperazine rings is 1. The van der Waals surface area contributed by atoms with E-state index in [0.29, 0.717) is 28.8 Å². The normalized spacial score (nSPS) is 13.7. The summed E-state index contributed by atoms with van der Waals surface area (Å²) in [6, 6.07) is 7.07. The summed E-state index contributed by atoms with van der Waals surface area (Å²) in [4.78, 5) is 28.6. The smallest absolute Gasteiger partial charge is 0.323 e. The first-order chi connectivity index (χ1) is 19.2. The van der Waals surface area contributed by atoms with Gasteiger partial charge in [-0.25, -0.2) is 19.2 Å². The van der Waals surface area contributed by atoms with Gasteiger partial charge in [-0.1, -0.05) is 20.8 Å². The molecule has 4 heterocycles. The number of aromatic nitrogens is 5. The molecule has 1 aliphatic rings. The highest BCUT2D eigenvalue weighted by molar-refractivity contribution is 6.01. The first-order valence-corrected chi connectivity index (χ1v) is 13.0. The number of halogens is 1. The van der Waals surface area contributed by atoms with Crippen molar-refractivity contribution in [2.75, 3.05) is 41.7 Å². The van der Waals surface area contributed by atoms with E-state index in [-0.39, 0.29) is 16.9 Å². The third-order valence-corrected chi connectivity index (χ3v) is 6.26. The van der Waals surface area contributed by atoms with Gasteiger partial charge in [-0.05, 0) is 18.2 Å². The molecule has 1 aliphatic heterocycles. The van der Waals surface area contributed by atoms with Crippen molar-refractivity contribution in [1.82, 2.24) is 30.0 Å². The summed E-state index contributed by atoms with van der Waals surface area (Å²) in [7, 11) is 1.82. The van der Waals surface area contributed by atoms with Crippen LogP contribution in [0.15, 0.2) is 55.1 Å². The van der Waals surface area contributed by atoms with Crippen molar-refractivity contribution in [3.05, 3.63) is 66.8 Å². The second-order valence-electron chi connectivity index (χ2n) is 10.5. The minimum atomic E-state index is -0.643. The number of hydrogen-bond acceptors (Lipinski definition) is 8. The number of hydrogen-bond donors (Lipinski definition) is 3. The lowest BCUT2D eigenvalue weighted by atomic mass is 9.96. The number of rotatable bonds is 6. The molecule has 0 atom stereocenters. The molecule has 0 unspecified atom stereocenters. The first kappa shape index (κ1) is 27.0. The molecule has 208 valence electrons. The van der Waals surface area contributed by atoms with E-state index in [1.807, 2.05) is 34.0 Å². The molecule has 0 spiro atoms. The fraction of sp³-hybridized carbons (Fsp3) is 0.321. The number of aryl methyl sites for hydroxylation is 1. The number of ether oxygens (including phenoxy) is 1. The van der Waals surface area contributed by atoms with Crippen molar-refractivity contribution < 1.29 is 13.9 Å². The van der Waals surface area contributed by atoms with Crippen molar-refractivity contribution in [2.24, 2.45) is 7.05 Å². The molecule has 1 fully saturated rings. The van der Waals surface area contributed by atoms with Crippen LogP contribution < -0.4 is 25.6 Å². The summed E-state index contributed by atoms with van der Waals surface area (Å²) in [6.45, 7) is 9.22. The second-order valence-corrected chi connectivity index (χ2v) is 10.5. The number of nitrogens with one attached hydrogen (secondary N) is 3. The summed E-state index contributed by atoms with van der Waals surface area (Å²) in [6.07, 6.45) is 6.76. The van der Waals surface area contributed by atoms with Gasteiger partial charge >= 0.3 is 6.03 Å². The Morgan fingerprint density at radius 1 is 1.02 bits per heavy atom. The minimum absolute atomic E-state index is 0.00609. The maximum Gasteiger partial charge on any atom is 0.323 e. The topological polar surface area (TPSA) is 122 Å². The van der Waals surface area contributed by atoms with E-state index >= 15 is 0 Å². The molecule has 2 amide bonds. The van der Waals surface area contributed by atoms with Crippen LogP contribution in [0.3, 0.4) is 0 Å². The van der Waals surface area contributed by atoms with Crippen LogP contribution in [0.2, 0.25) is 0 Å². The number of carbonyl (C=O) groups excluding carboxylic acids is 1. The standard InChI is InChI=1S/C28H32FN9O2/c1-28(2,3)26-32-16-24(25(36-26)38-11-9-30-10-12-38)35-27(39)34-22-6-5-19(13-21(22)29)40-20-7-8-31-23(14-20)18-15-33-37(4)17-18/h5-8,13-17,30H,9-12H2,1-4H3,(H2,34,35,39). The zero-order valence-electron chi connectivity index (χ0n) is 22.9. The van der Waals surface area contributed by atoms with Gasteiger partial charge in [-0.15, -0.1) is 0 Å². The molecule has 3 aromatic heterocycles. The molecule has 0 bridgehead atoms. The zero-order valence-corrected chi connectivity index (χ0v) is 22.9. The summed E-state index contributed by atoms with van der Waals surface area (Å²) >= 11 is 0. The van der Waals surface area contributed by atoms with E-state index in [0.717, 1.165) is 31.7 Å². The lowest BCUT2D eigenvalue weighted by Crippen LogP contribution is -2.44. The third-order valence-electron chi connectivity index (χ3n) is 6.26. The second kappa shape index (κ2) is 11.3. The van der Waals surface area contributed by atoms with Crippen LogP contribution >= 0.6 is 0 Å². The lowest BCUT2D eigenvalue weighted by molar-refractivity contribution is 0.262. The Morgan fingerprint density at radius 2 is 1.77 bits per heavy atom. The molecule has 0 saturated carbocycles. The van der Waals surface area contributed by atoms with E-state index < -0.39 is 11.8 Å². The highest BCUT2D eigenvalue weighted by Gasteiger charge is 2.23. The summed E-state index contributed by atoms with van der Waals surface area (Å²) in [5, 5.41) is 12.8. The van der Waals surface area contributed by atoms with Gasteiger partial charge in [0.05, 0.1) is 23.8 Å². The molecule has 1 saturated heterocycles. The monoisotopic (exact) mass is 545 g/mol. The van der Waals surface area contributed by atoms with Crippen molar-refractivity contribution >= 4 is 23.2 Å². The van der Waals surface area contributed by atoms with Gasteiger partial charge in [-0.2, -0.15) is 5.10 Å². The number of pyridine rings is 1. The lowest BCUT2D eigenvalue weighted by Gasteiger charge is -2.31. The Morgan fingerprint density at radius 3 is 2.48 bits per heavy atom. The minimum Gasteiger partial charge on any atom is -0.457 e. The van der Waals surface area contributed by atoms with Gasteiger partial charge in [0, 0.05) is 68.7 Å². The SMILES string of the molecule is Cn1cc(-c2cc(Oc3ccc(NC(=O)Nc4cnc(C(C)(C)C)nc4N4CCNCC4)c(F)c3)ccn2)cn1. The fourth-order valence-corrected chi connectivity index (χ4v) is 4.20. The number of urea groups is 1. The van der Waals surface area contributed by atoms with Crippen molar-refractivity contribution in [2.45, 2.75) is 26.2 Å². The van der Waals surface area contributed by atoms with E-state index in [1.165, 1.54) is 12.1 Å². The van der Waals surface area contributed by atoms with Crippen molar-refractivity contribution in [1.29, 1.82) is 0 Å². The Hall–Kier alpha value is -4.58. The van der Waals surface area contributed by atoms with E-state index in [2.05, 4.69) is 35.9 Å². The summed E-state index contributed by atoms with van der Waals surface area (Å²) < 4.78 is 22.5. The molecule has 5 rings (SSSR count). The molecule has 3 N–H and O–H groups in total. The fourth-order valence-electron chi connectivity index (χ4n) is 4.20. The summed E-state index contributed by atoms with van der Waals surface area (Å²) in [5.74, 6) is 1.44. The highest BCUT2D eigenvalue weighted by Crippen LogP contribution is 2.30. The Kier molecular flexibility index (Phi) is 7.60. The molecule has 1 aromatic carbocycles. The highest BCUT2D eigenvalue weighted by atomic mass is 19.1. The number of carbonyl (C=O) groups is 1. The maximum absolute atomic E-state index is 15.0. The van der Waals surface area contributed by atoms with Crippen molar-refractivity contribution in [3.63, 3.8) is 0 Å². The van der Waals surface area contributed by atoms with Crippen LogP contribution in [-0.2, 0) is 12.5 Å². The molecule has 40 heavy (non-hydrogen) atoms. The molecule has 0 aliphatic carbocycles. The van der Waals surface area contributed by atoms with Crippen LogP contribution in [0, 0.1) is 5.82 Å². The van der Waals surface area contributed by atoms with Gasteiger partial charge < -0.3 is 25.6 Å².